The number of benzene rings is 2. The van der Waals surface area contributed by atoms with Crippen LogP contribution in [0.1, 0.15) is 23.2 Å². The minimum absolute atomic E-state index is 0.0658. The number of fused-ring (bicyclic) bond motifs is 1. The van der Waals surface area contributed by atoms with Crippen LogP contribution in [0.2, 0.25) is 0 Å². The highest BCUT2D eigenvalue weighted by Crippen LogP contribution is 2.25. The van der Waals surface area contributed by atoms with Crippen LogP contribution in [-0.4, -0.2) is 53.9 Å². The van der Waals surface area contributed by atoms with Crippen LogP contribution in [-0.2, 0) is 13.6 Å². The Kier molecular flexibility index (Phi) is 5.62. The maximum Gasteiger partial charge on any atom is 0.264 e. The van der Waals surface area contributed by atoms with E-state index in [-0.39, 0.29) is 18.0 Å². The Hall–Kier alpha value is -3.98. The zero-order valence-electron chi connectivity index (χ0n) is 18.9. The molecule has 1 fully saturated rings. The summed E-state index contributed by atoms with van der Waals surface area (Å²) in [5, 5.41) is 18.9. The monoisotopic (exact) mass is 458 g/mol. The zero-order chi connectivity index (χ0) is 23.7. The fourth-order valence-electron chi connectivity index (χ4n) is 4.35. The lowest BCUT2D eigenvalue weighted by Gasteiger charge is -2.38. The lowest BCUT2D eigenvalue weighted by atomic mass is 9.91. The summed E-state index contributed by atoms with van der Waals surface area (Å²) >= 11 is 0. The van der Waals surface area contributed by atoms with Gasteiger partial charge >= 0.3 is 0 Å². The second-order valence-corrected chi connectivity index (χ2v) is 8.77. The van der Waals surface area contributed by atoms with Gasteiger partial charge in [-0.25, -0.2) is 4.98 Å². The minimum Gasteiger partial charge on any atom is -0.388 e. The number of anilines is 2. The smallest absolute Gasteiger partial charge is 0.264 e. The van der Waals surface area contributed by atoms with Gasteiger partial charge in [-0.05, 0) is 49.2 Å². The largest absolute Gasteiger partial charge is 0.388 e. The van der Waals surface area contributed by atoms with Gasteiger partial charge in [0.25, 0.3) is 11.5 Å². The maximum absolute atomic E-state index is 13.0. The third-order valence-corrected chi connectivity index (χ3v) is 6.36. The van der Waals surface area contributed by atoms with Crippen LogP contribution in [0, 0.1) is 0 Å². The first-order valence-corrected chi connectivity index (χ1v) is 11.2. The predicted molar refractivity (Wildman–Crippen MR) is 129 cm³/mol. The number of nitrogens with zero attached hydrogens (tertiary/aromatic N) is 5. The number of rotatable bonds is 5. The molecule has 9 heteroatoms. The summed E-state index contributed by atoms with van der Waals surface area (Å²) in [6, 6.07) is 17.2. The number of carbonyl (C=O) groups excluding carboxylic acids is 1. The quantitative estimate of drug-likeness (QED) is 0.476. The molecule has 4 aromatic rings. The minimum atomic E-state index is -1.08. The first kappa shape index (κ1) is 21.8. The van der Waals surface area contributed by atoms with Gasteiger partial charge in [-0.1, -0.05) is 18.2 Å². The molecule has 34 heavy (non-hydrogen) atoms. The Morgan fingerprint density at radius 2 is 1.74 bits per heavy atom. The van der Waals surface area contributed by atoms with Gasteiger partial charge in [-0.2, -0.15) is 5.10 Å². The third-order valence-electron chi connectivity index (χ3n) is 6.36. The number of likely N-dealkylation sites (tertiary alicyclic amines) is 1. The molecule has 1 saturated heterocycles. The van der Waals surface area contributed by atoms with E-state index in [1.165, 1.54) is 17.1 Å². The van der Waals surface area contributed by atoms with Gasteiger partial charge in [0.15, 0.2) is 5.65 Å². The Bertz CT molecular complexity index is 1370. The SMILES string of the molecule is Cn1ncc2c(=O)n(CC3(O)CCN(C(=O)c4ccc(Nc5ccccc5)cc4)CC3)cnc21. The van der Waals surface area contributed by atoms with Crippen LogP contribution >= 0.6 is 0 Å². The van der Waals surface area contributed by atoms with E-state index in [0.29, 0.717) is 42.5 Å². The lowest BCUT2D eigenvalue weighted by molar-refractivity contribution is -0.0299. The van der Waals surface area contributed by atoms with Crippen LogP contribution in [0.25, 0.3) is 11.0 Å². The summed E-state index contributed by atoms with van der Waals surface area (Å²) < 4.78 is 2.98. The number of aromatic nitrogens is 4. The molecule has 0 unspecified atom stereocenters. The van der Waals surface area contributed by atoms with Crippen molar-refractivity contribution in [1.82, 2.24) is 24.2 Å². The highest BCUT2D eigenvalue weighted by Gasteiger charge is 2.35. The van der Waals surface area contributed by atoms with Crippen molar-refractivity contribution < 1.29 is 9.90 Å². The molecule has 1 aliphatic rings. The van der Waals surface area contributed by atoms with Crippen molar-refractivity contribution in [2.75, 3.05) is 18.4 Å². The number of carbonyl (C=O) groups is 1. The Morgan fingerprint density at radius 1 is 1.06 bits per heavy atom. The molecule has 0 radical (unpaired) electrons. The van der Waals surface area contributed by atoms with E-state index in [0.717, 1.165) is 11.4 Å². The van der Waals surface area contributed by atoms with Crippen LogP contribution < -0.4 is 10.9 Å². The first-order chi connectivity index (χ1) is 16.4. The number of piperidine rings is 1. The van der Waals surface area contributed by atoms with Gasteiger partial charge in [0.05, 0.1) is 18.3 Å². The van der Waals surface area contributed by atoms with Gasteiger partial charge in [-0.3, -0.25) is 18.8 Å². The van der Waals surface area contributed by atoms with Crippen molar-refractivity contribution in [3.63, 3.8) is 0 Å². The van der Waals surface area contributed by atoms with Gasteiger partial charge in [0.1, 0.15) is 11.7 Å². The fourth-order valence-corrected chi connectivity index (χ4v) is 4.35. The molecule has 2 N–H and O–H groups in total. The van der Waals surface area contributed by atoms with Crippen LogP contribution in [0.3, 0.4) is 0 Å². The summed E-state index contributed by atoms with van der Waals surface area (Å²) in [5.41, 5.74) is 1.69. The number of hydrogen-bond donors (Lipinski definition) is 2. The van der Waals surface area contributed by atoms with Crippen molar-refractivity contribution in [1.29, 1.82) is 0 Å². The van der Waals surface area contributed by atoms with Gasteiger partial charge < -0.3 is 15.3 Å². The number of nitrogens with one attached hydrogen (secondary N) is 1. The second-order valence-electron chi connectivity index (χ2n) is 8.77. The number of aliphatic hydroxyl groups is 1. The molecule has 0 spiro atoms. The molecule has 3 heterocycles. The highest BCUT2D eigenvalue weighted by molar-refractivity contribution is 5.94. The van der Waals surface area contributed by atoms with E-state index < -0.39 is 5.60 Å². The number of aryl methyl sites for hydroxylation is 1. The molecule has 5 rings (SSSR count). The van der Waals surface area contributed by atoms with Crippen molar-refractivity contribution in [3.8, 4) is 0 Å². The molecule has 0 aliphatic carbocycles. The molecule has 0 atom stereocenters. The number of hydrogen-bond acceptors (Lipinski definition) is 6. The Morgan fingerprint density at radius 3 is 2.44 bits per heavy atom. The summed E-state index contributed by atoms with van der Waals surface area (Å²) in [6.45, 7) is 0.957. The summed E-state index contributed by atoms with van der Waals surface area (Å²) in [7, 11) is 1.73. The summed E-state index contributed by atoms with van der Waals surface area (Å²) in [6.07, 6.45) is 3.70. The van der Waals surface area contributed by atoms with E-state index in [1.807, 2.05) is 54.6 Å². The summed E-state index contributed by atoms with van der Waals surface area (Å²) in [5.74, 6) is -0.0658. The van der Waals surface area contributed by atoms with Crippen molar-refractivity contribution in [2.45, 2.75) is 25.0 Å². The fraction of sp³-hybridized carbons (Fsp3) is 0.280. The van der Waals surface area contributed by atoms with Crippen LogP contribution in [0.5, 0.6) is 0 Å². The van der Waals surface area contributed by atoms with Gasteiger partial charge in [0, 0.05) is 37.1 Å². The number of para-hydroxylation sites is 1. The first-order valence-electron chi connectivity index (χ1n) is 11.2. The average Bonchev–Trinajstić information content (AvgIpc) is 3.23. The summed E-state index contributed by atoms with van der Waals surface area (Å²) in [4.78, 5) is 31.8. The molecular formula is C25H26N6O3. The Balaban J connectivity index is 1.22. The standard InChI is InChI=1S/C25H26N6O3/c1-29-22-21(15-27-29)24(33)31(17-26-22)16-25(34)11-13-30(14-12-25)23(32)18-7-9-20(10-8-18)28-19-5-3-2-4-6-19/h2-10,15,17,28,34H,11-14,16H2,1H3. The van der Waals surface area contributed by atoms with Crippen LogP contribution in [0.4, 0.5) is 11.4 Å². The van der Waals surface area contributed by atoms with Crippen molar-refractivity contribution >= 4 is 28.3 Å². The topological polar surface area (TPSA) is 105 Å². The average molecular weight is 459 g/mol. The molecule has 2 aromatic carbocycles. The Labute approximate surface area is 196 Å². The van der Waals surface area contributed by atoms with Gasteiger partial charge in [-0.15, -0.1) is 0 Å². The molecule has 1 aliphatic heterocycles. The molecule has 9 nitrogen and oxygen atoms in total. The molecule has 2 aromatic heterocycles. The van der Waals surface area contributed by atoms with E-state index in [1.54, 1.807) is 16.6 Å². The van der Waals surface area contributed by atoms with Crippen LogP contribution in [0.15, 0.2) is 71.9 Å². The third kappa shape index (κ3) is 4.29. The predicted octanol–water partition coefficient (Wildman–Crippen LogP) is 2.54. The lowest BCUT2D eigenvalue weighted by Crippen LogP contribution is -2.49. The van der Waals surface area contributed by atoms with Gasteiger partial charge in [0.2, 0.25) is 0 Å². The van der Waals surface area contributed by atoms with Crippen molar-refractivity contribution in [3.05, 3.63) is 83.0 Å². The van der Waals surface area contributed by atoms with E-state index >= 15 is 0 Å². The maximum atomic E-state index is 13.0. The second kappa shape index (κ2) is 8.75. The van der Waals surface area contributed by atoms with E-state index in [4.69, 9.17) is 0 Å². The molecular weight excluding hydrogens is 432 g/mol. The van der Waals surface area contributed by atoms with E-state index in [9.17, 15) is 14.7 Å². The molecule has 1 amide bonds. The zero-order valence-corrected chi connectivity index (χ0v) is 18.9. The molecule has 0 saturated carbocycles. The van der Waals surface area contributed by atoms with E-state index in [2.05, 4.69) is 15.4 Å². The molecule has 174 valence electrons. The molecule has 0 bridgehead atoms. The number of amides is 1. The normalized spacial score (nSPS) is 15.4. The highest BCUT2D eigenvalue weighted by atomic mass is 16.3. The van der Waals surface area contributed by atoms with Crippen molar-refractivity contribution in [2.24, 2.45) is 7.05 Å².